The fourth-order valence-corrected chi connectivity index (χ4v) is 10.3. The van der Waals surface area contributed by atoms with Crippen molar-refractivity contribution in [3.8, 4) is 0 Å². The molecular weight excluding hydrogens is 809 g/mol. The van der Waals surface area contributed by atoms with Gasteiger partial charge in [-0.25, -0.2) is 45.9 Å². The monoisotopic (exact) mass is 856 g/mol. The van der Waals surface area contributed by atoms with Gasteiger partial charge in [-0.3, -0.25) is 0 Å². The molecule has 0 fully saturated rings. The van der Waals surface area contributed by atoms with Crippen molar-refractivity contribution in [3.05, 3.63) is 127 Å². The number of fused-ring (bicyclic) bond motifs is 4. The molecule has 0 saturated heterocycles. The maximum Gasteiger partial charge on any atom is 0.338 e. The third-order valence-electron chi connectivity index (χ3n) is 11.1. The van der Waals surface area contributed by atoms with E-state index in [1.54, 1.807) is 30.3 Å². The lowest BCUT2D eigenvalue weighted by molar-refractivity contribution is 0.0591. The van der Waals surface area contributed by atoms with Gasteiger partial charge in [0.25, 0.3) is 0 Å². The topological polar surface area (TPSA) is 217 Å². The first kappa shape index (κ1) is 43.9. The number of aliphatic imine (C=N–C) groups is 1. The van der Waals surface area contributed by atoms with E-state index in [4.69, 9.17) is 9.88 Å². The zero-order valence-corrected chi connectivity index (χ0v) is 35.2. The van der Waals surface area contributed by atoms with Gasteiger partial charge < -0.3 is 14.8 Å². The van der Waals surface area contributed by atoms with Crippen LogP contribution >= 0.6 is 0 Å². The van der Waals surface area contributed by atoms with Crippen LogP contribution in [-0.2, 0) is 97.2 Å². The highest BCUT2D eigenvalue weighted by Gasteiger charge is 2.27. The van der Waals surface area contributed by atoms with Crippen LogP contribution in [0.15, 0.2) is 65.7 Å². The van der Waals surface area contributed by atoms with Crippen molar-refractivity contribution in [2.24, 2.45) is 10.1 Å². The molecule has 0 bridgehead atoms. The first-order valence-corrected chi connectivity index (χ1v) is 23.1. The van der Waals surface area contributed by atoms with E-state index in [1.807, 2.05) is 0 Å². The van der Waals surface area contributed by atoms with Gasteiger partial charge in [-0.05, 0) is 145 Å². The van der Waals surface area contributed by atoms with Crippen LogP contribution in [0.1, 0.15) is 102 Å². The number of anilines is 1. The van der Waals surface area contributed by atoms with Gasteiger partial charge in [0, 0.05) is 5.69 Å². The molecular formula is C44H48N4O10S2. The van der Waals surface area contributed by atoms with E-state index in [1.165, 1.54) is 84.7 Å². The molecule has 4 aromatic carbocycles. The van der Waals surface area contributed by atoms with E-state index in [-0.39, 0.29) is 22.4 Å². The second-order valence-electron chi connectivity index (χ2n) is 15.1. The fraction of sp³-hybridized carbons (Fsp3) is 0.364. The second-order valence-corrected chi connectivity index (χ2v) is 18.4. The number of benzene rings is 4. The first-order chi connectivity index (χ1) is 28.7. The third-order valence-corrected chi connectivity index (χ3v) is 13.0. The normalized spacial score (nSPS) is 14.4. The molecule has 0 radical (unpaired) electrons. The molecule has 4 aliphatic rings. The Balaban J connectivity index is 0.000000168. The zero-order valence-electron chi connectivity index (χ0n) is 33.6. The molecule has 0 aromatic heterocycles. The highest BCUT2D eigenvalue weighted by Crippen LogP contribution is 2.40. The number of nitrogens with zero attached hydrogens (tertiary/aromatic N) is 1. The number of hydrogen-bond acceptors (Lipinski definition) is 11. The summed E-state index contributed by atoms with van der Waals surface area (Å²) in [6.07, 6.45) is 14.4. The number of carbonyl (C=O) groups excluding carboxylic acids is 4. The van der Waals surface area contributed by atoms with Crippen molar-refractivity contribution in [1.82, 2.24) is 4.72 Å². The number of nitrogens with two attached hydrogens (primary N) is 1. The van der Waals surface area contributed by atoms with E-state index in [0.29, 0.717) is 5.56 Å². The smallest absolute Gasteiger partial charge is 0.338 e. The number of rotatable bonds is 9. The number of ether oxygens (including phenoxy) is 2. The molecule has 4 aromatic rings. The predicted molar refractivity (Wildman–Crippen MR) is 226 cm³/mol. The summed E-state index contributed by atoms with van der Waals surface area (Å²) in [4.78, 5) is 50.2. The summed E-state index contributed by atoms with van der Waals surface area (Å²) < 4.78 is 58.3. The molecule has 0 spiro atoms. The number of methoxy groups -OCH3 is 2. The first-order valence-electron chi connectivity index (χ1n) is 19.8. The van der Waals surface area contributed by atoms with Crippen molar-refractivity contribution >= 4 is 55.5 Å². The Hall–Kier alpha value is -5.67. The number of carbonyl (C=O) groups is 3. The molecule has 8 rings (SSSR count). The minimum absolute atomic E-state index is 0.157. The van der Waals surface area contributed by atoms with E-state index in [0.717, 1.165) is 86.7 Å². The van der Waals surface area contributed by atoms with E-state index in [9.17, 15) is 36.0 Å². The molecule has 316 valence electrons. The minimum Gasteiger partial charge on any atom is -0.465 e. The summed E-state index contributed by atoms with van der Waals surface area (Å²) in [7, 11) is -5.20. The summed E-state index contributed by atoms with van der Waals surface area (Å²) in [5.74, 6) is -2.08. The van der Waals surface area contributed by atoms with Crippen LogP contribution in [0.25, 0.3) is 0 Å². The lowest BCUT2D eigenvalue weighted by Gasteiger charge is -2.17. The Morgan fingerprint density at radius 2 is 1.07 bits per heavy atom. The number of amides is 2. The van der Waals surface area contributed by atoms with Crippen LogP contribution in [0.3, 0.4) is 0 Å². The molecule has 0 atom stereocenters. The second kappa shape index (κ2) is 19.1. The number of isocyanates is 1. The van der Waals surface area contributed by atoms with E-state index >= 15 is 0 Å². The van der Waals surface area contributed by atoms with Crippen LogP contribution in [0.4, 0.5) is 16.2 Å². The summed E-state index contributed by atoms with van der Waals surface area (Å²) in [6, 6.07) is 16.4. The summed E-state index contributed by atoms with van der Waals surface area (Å²) in [5, 5.41) is 7.71. The lowest BCUT2D eigenvalue weighted by atomic mass is 9.99. The van der Waals surface area contributed by atoms with Crippen LogP contribution in [0, 0.1) is 0 Å². The van der Waals surface area contributed by atoms with Crippen LogP contribution in [-0.4, -0.2) is 55.1 Å². The standard InChI is InChI=1S/C22H24N2O5S.C13H13NO.C9H11NO4S/c1-29-21(25)19-9-3-2-6-16(19)13-30(27,28)24-22(26)23-20-17-10-4-7-14(17)12-15-8-5-11-18(15)20;15-8-14-13-11-5-1-3-9(11)7-10-4-2-6-12(10)13;1-14-9(11)8-5-3-2-4-7(8)6-15(10,12)13/h2-3,6,9,12H,4-5,7-8,10-11,13H2,1H3,(H2,23,24,26);7H,1-6H2;2-5H,6H2,1H3,(H2,10,12,13). The zero-order chi connectivity index (χ0) is 43.0. The number of hydrogen-bond donors (Lipinski definition) is 3. The highest BCUT2D eigenvalue weighted by molar-refractivity contribution is 7.89. The van der Waals surface area contributed by atoms with Crippen molar-refractivity contribution < 1.29 is 45.5 Å². The maximum atomic E-state index is 12.6. The van der Waals surface area contributed by atoms with Gasteiger partial charge in [-0.1, -0.05) is 48.5 Å². The third kappa shape index (κ3) is 10.5. The number of aryl methyl sites for hydroxylation is 4. The Bertz CT molecular complexity index is 2540. The average Bonchev–Trinajstić information content (AvgIpc) is 4.05. The number of nitrogens with one attached hydrogen (secondary N) is 2. The van der Waals surface area contributed by atoms with Gasteiger partial charge in [0.2, 0.25) is 26.1 Å². The highest BCUT2D eigenvalue weighted by atomic mass is 32.2. The van der Waals surface area contributed by atoms with Crippen molar-refractivity contribution in [3.63, 3.8) is 0 Å². The molecule has 60 heavy (non-hydrogen) atoms. The van der Waals surface area contributed by atoms with Gasteiger partial charge >= 0.3 is 18.0 Å². The molecule has 16 heteroatoms. The van der Waals surface area contributed by atoms with Gasteiger partial charge in [0.15, 0.2) is 0 Å². The summed E-state index contributed by atoms with van der Waals surface area (Å²) in [6.45, 7) is 0. The van der Waals surface area contributed by atoms with Gasteiger partial charge in [-0.2, -0.15) is 4.99 Å². The largest absolute Gasteiger partial charge is 0.465 e. The minimum atomic E-state index is -4.02. The lowest BCUT2D eigenvalue weighted by Crippen LogP contribution is -2.36. The summed E-state index contributed by atoms with van der Waals surface area (Å²) in [5.41, 5.74) is 13.0. The number of urea groups is 1. The molecule has 0 saturated carbocycles. The SMILES string of the molecule is COC(=O)c1ccccc1CS(=O)(=O)NC(=O)Nc1c2c(cc3c1CCC3)CCC2.COC(=O)c1ccccc1CS(N)(=O)=O.O=C=Nc1c2c(cc3c1CCC3)CCC2. The molecule has 0 unspecified atom stereocenters. The maximum absolute atomic E-state index is 12.6. The average molecular weight is 857 g/mol. The van der Waals surface area contributed by atoms with Gasteiger partial charge in [-0.15, -0.1) is 0 Å². The molecule has 0 aliphatic heterocycles. The Labute approximate surface area is 350 Å². The Morgan fingerprint density at radius 3 is 1.50 bits per heavy atom. The number of sulfonamides is 2. The van der Waals surface area contributed by atoms with E-state index in [2.05, 4.69) is 31.9 Å². The number of esters is 2. The van der Waals surface area contributed by atoms with Crippen molar-refractivity contribution in [2.75, 3.05) is 19.5 Å². The molecule has 4 N–H and O–H groups in total. The molecule has 2 amide bonds. The van der Waals surface area contributed by atoms with Crippen LogP contribution < -0.4 is 15.2 Å². The van der Waals surface area contributed by atoms with Crippen molar-refractivity contribution in [2.45, 2.75) is 88.6 Å². The van der Waals surface area contributed by atoms with Crippen LogP contribution in [0.2, 0.25) is 0 Å². The molecule has 4 aliphatic carbocycles. The fourth-order valence-electron chi connectivity index (χ4n) is 8.58. The van der Waals surface area contributed by atoms with Crippen molar-refractivity contribution in [1.29, 1.82) is 0 Å². The summed E-state index contributed by atoms with van der Waals surface area (Å²) >= 11 is 0. The quantitative estimate of drug-likeness (QED) is 0.101. The predicted octanol–water partition coefficient (Wildman–Crippen LogP) is 6.00. The molecule has 14 nitrogen and oxygen atoms in total. The Morgan fingerprint density at radius 1 is 0.650 bits per heavy atom. The Kier molecular flexibility index (Phi) is 14.0. The van der Waals surface area contributed by atoms with E-state index < -0.39 is 43.8 Å². The van der Waals surface area contributed by atoms with Gasteiger partial charge in [0.05, 0.1) is 42.5 Å². The molecule has 0 heterocycles. The number of primary sulfonamides is 1. The van der Waals surface area contributed by atoms with Gasteiger partial charge in [0.1, 0.15) is 0 Å². The van der Waals surface area contributed by atoms with Crippen LogP contribution in [0.5, 0.6) is 0 Å².